The molecule has 0 aliphatic heterocycles. The quantitative estimate of drug-likeness (QED) is 0.724. The van der Waals surface area contributed by atoms with Crippen LogP contribution in [0.4, 0.5) is 10.5 Å². The predicted octanol–water partition coefficient (Wildman–Crippen LogP) is 2.92. The van der Waals surface area contributed by atoms with Gasteiger partial charge in [0, 0.05) is 12.2 Å². The number of urea groups is 1. The maximum Gasteiger partial charge on any atom is 0.319 e. The van der Waals surface area contributed by atoms with E-state index in [1.165, 1.54) is 0 Å². The molecule has 21 heavy (non-hydrogen) atoms. The number of rotatable bonds is 7. The van der Waals surface area contributed by atoms with Gasteiger partial charge in [-0.25, -0.2) is 4.79 Å². The van der Waals surface area contributed by atoms with E-state index in [0.29, 0.717) is 19.6 Å². The van der Waals surface area contributed by atoms with Crippen molar-refractivity contribution in [2.75, 3.05) is 18.5 Å². The zero-order valence-electron chi connectivity index (χ0n) is 13.3. The van der Waals surface area contributed by atoms with E-state index in [4.69, 9.17) is 4.74 Å². The number of hydrogen-bond donors (Lipinski definition) is 3. The van der Waals surface area contributed by atoms with Crippen LogP contribution in [0.15, 0.2) is 18.2 Å². The maximum atomic E-state index is 11.8. The number of aliphatic hydroxyl groups excluding tert-OH is 1. The summed E-state index contributed by atoms with van der Waals surface area (Å²) < 4.78 is 5.40. The minimum atomic E-state index is -0.391. The third-order valence-corrected chi connectivity index (χ3v) is 3.25. The van der Waals surface area contributed by atoms with Crippen LogP contribution in [-0.4, -0.2) is 30.4 Å². The molecule has 0 heterocycles. The van der Waals surface area contributed by atoms with Gasteiger partial charge in [0.15, 0.2) is 0 Å². The first-order valence-electron chi connectivity index (χ1n) is 7.40. The third-order valence-electron chi connectivity index (χ3n) is 3.25. The smallest absolute Gasteiger partial charge is 0.319 e. The molecule has 1 rings (SSSR count). The normalized spacial score (nSPS) is 12.1. The molecule has 1 unspecified atom stereocenters. The topological polar surface area (TPSA) is 70.6 Å². The summed E-state index contributed by atoms with van der Waals surface area (Å²) in [5.41, 5.74) is 1.69. The van der Waals surface area contributed by atoms with Gasteiger partial charge in [0.25, 0.3) is 0 Å². The summed E-state index contributed by atoms with van der Waals surface area (Å²) in [7, 11) is 0. The van der Waals surface area contributed by atoms with Gasteiger partial charge in [0.2, 0.25) is 0 Å². The number of aryl methyl sites for hydroxylation is 1. The first-order valence-corrected chi connectivity index (χ1v) is 7.40. The van der Waals surface area contributed by atoms with Gasteiger partial charge in [0.1, 0.15) is 5.75 Å². The highest BCUT2D eigenvalue weighted by Gasteiger charge is 2.10. The monoisotopic (exact) mass is 294 g/mol. The lowest BCUT2D eigenvalue weighted by atomic mass is 10.0. The highest BCUT2D eigenvalue weighted by molar-refractivity contribution is 5.90. The molecule has 1 aromatic carbocycles. The molecule has 2 amide bonds. The molecule has 0 saturated heterocycles. The van der Waals surface area contributed by atoms with Gasteiger partial charge in [-0.1, -0.05) is 13.8 Å². The van der Waals surface area contributed by atoms with E-state index in [-0.39, 0.29) is 11.9 Å². The summed E-state index contributed by atoms with van der Waals surface area (Å²) in [5, 5.41) is 15.2. The standard InChI is InChI=1S/C16H26N2O3/c1-5-21-13-6-7-14(12(4)10-13)18-16(20)17-9-8-15(19)11(2)3/h6-7,10-11,15,19H,5,8-9H2,1-4H3,(H2,17,18,20). The van der Waals surface area contributed by atoms with Crippen LogP contribution in [0.25, 0.3) is 0 Å². The molecular weight excluding hydrogens is 268 g/mol. The van der Waals surface area contributed by atoms with Gasteiger partial charge in [0.05, 0.1) is 12.7 Å². The largest absolute Gasteiger partial charge is 0.494 e. The minimum Gasteiger partial charge on any atom is -0.494 e. The lowest BCUT2D eigenvalue weighted by molar-refractivity contribution is 0.117. The number of ether oxygens (including phenoxy) is 1. The second kappa shape index (κ2) is 8.52. The molecule has 0 spiro atoms. The summed E-state index contributed by atoms with van der Waals surface area (Å²) in [6.07, 6.45) is 0.158. The Labute approximate surface area is 126 Å². The molecule has 1 aromatic rings. The van der Waals surface area contributed by atoms with Crippen LogP contribution in [0.5, 0.6) is 5.75 Å². The molecular formula is C16H26N2O3. The lowest BCUT2D eigenvalue weighted by Gasteiger charge is -2.15. The number of hydrogen-bond acceptors (Lipinski definition) is 3. The average Bonchev–Trinajstić information content (AvgIpc) is 2.42. The number of anilines is 1. The summed E-state index contributed by atoms with van der Waals surface area (Å²) in [4.78, 5) is 11.8. The number of amides is 2. The van der Waals surface area contributed by atoms with Gasteiger partial charge < -0.3 is 20.5 Å². The Morgan fingerprint density at radius 2 is 2.10 bits per heavy atom. The lowest BCUT2D eigenvalue weighted by Crippen LogP contribution is -2.32. The molecule has 5 heteroatoms. The van der Waals surface area contributed by atoms with E-state index in [1.54, 1.807) is 0 Å². The van der Waals surface area contributed by atoms with Gasteiger partial charge in [-0.15, -0.1) is 0 Å². The summed E-state index contributed by atoms with van der Waals surface area (Å²) in [5.74, 6) is 0.990. The van der Waals surface area contributed by atoms with Gasteiger partial charge in [-0.2, -0.15) is 0 Å². The molecule has 0 radical (unpaired) electrons. The minimum absolute atomic E-state index is 0.197. The van der Waals surface area contributed by atoms with Crippen LogP contribution in [0.3, 0.4) is 0 Å². The fraction of sp³-hybridized carbons (Fsp3) is 0.562. The van der Waals surface area contributed by atoms with Crippen molar-refractivity contribution in [3.8, 4) is 5.75 Å². The zero-order valence-corrected chi connectivity index (χ0v) is 13.3. The first-order chi connectivity index (χ1) is 9.93. The molecule has 1 atom stereocenters. The second-order valence-electron chi connectivity index (χ2n) is 5.39. The number of benzene rings is 1. The molecule has 0 bridgehead atoms. The number of carbonyl (C=O) groups is 1. The molecule has 3 N–H and O–H groups in total. The first kappa shape index (κ1) is 17.3. The number of carbonyl (C=O) groups excluding carboxylic acids is 1. The van der Waals surface area contributed by atoms with Crippen molar-refractivity contribution >= 4 is 11.7 Å². The number of nitrogens with one attached hydrogen (secondary N) is 2. The Kier molecular flexibility index (Phi) is 7.02. The summed E-state index contributed by atoms with van der Waals surface area (Å²) in [6, 6.07) is 5.28. The van der Waals surface area contributed by atoms with E-state index >= 15 is 0 Å². The molecule has 0 aromatic heterocycles. The Balaban J connectivity index is 2.44. The van der Waals surface area contributed by atoms with Crippen LogP contribution in [-0.2, 0) is 0 Å². The second-order valence-corrected chi connectivity index (χ2v) is 5.39. The van der Waals surface area contributed by atoms with E-state index in [2.05, 4.69) is 10.6 Å². The average molecular weight is 294 g/mol. The number of aliphatic hydroxyl groups is 1. The Hall–Kier alpha value is -1.75. The van der Waals surface area contributed by atoms with Crippen LogP contribution in [0.2, 0.25) is 0 Å². The van der Waals surface area contributed by atoms with Gasteiger partial charge >= 0.3 is 6.03 Å². The van der Waals surface area contributed by atoms with Crippen molar-refractivity contribution in [3.63, 3.8) is 0 Å². The Morgan fingerprint density at radius 3 is 2.67 bits per heavy atom. The van der Waals surface area contributed by atoms with Gasteiger partial charge in [-0.05, 0) is 49.9 Å². The van der Waals surface area contributed by atoms with Crippen LogP contribution in [0.1, 0.15) is 32.8 Å². The molecule has 118 valence electrons. The molecule has 0 aliphatic rings. The Morgan fingerprint density at radius 1 is 1.38 bits per heavy atom. The van der Waals surface area contributed by atoms with Crippen molar-refractivity contribution in [1.82, 2.24) is 5.32 Å². The molecule has 5 nitrogen and oxygen atoms in total. The summed E-state index contributed by atoms with van der Waals surface area (Å²) in [6.45, 7) is 8.81. The van der Waals surface area contributed by atoms with Crippen LogP contribution >= 0.6 is 0 Å². The van der Waals surface area contributed by atoms with Crippen molar-refractivity contribution in [3.05, 3.63) is 23.8 Å². The van der Waals surface area contributed by atoms with Crippen LogP contribution < -0.4 is 15.4 Å². The predicted molar refractivity (Wildman–Crippen MR) is 84.8 cm³/mol. The SMILES string of the molecule is CCOc1ccc(NC(=O)NCCC(O)C(C)C)c(C)c1. The van der Waals surface area contributed by atoms with E-state index < -0.39 is 6.10 Å². The fourth-order valence-corrected chi connectivity index (χ4v) is 1.87. The van der Waals surface area contributed by atoms with E-state index in [0.717, 1.165) is 17.0 Å². The zero-order chi connectivity index (χ0) is 15.8. The molecule has 0 saturated carbocycles. The Bertz CT molecular complexity index is 461. The van der Waals surface area contributed by atoms with Crippen molar-refractivity contribution in [2.45, 2.75) is 40.2 Å². The van der Waals surface area contributed by atoms with Crippen molar-refractivity contribution in [2.24, 2.45) is 5.92 Å². The maximum absolute atomic E-state index is 11.8. The molecule has 0 aliphatic carbocycles. The van der Waals surface area contributed by atoms with E-state index in [9.17, 15) is 9.90 Å². The summed E-state index contributed by atoms with van der Waals surface area (Å²) >= 11 is 0. The van der Waals surface area contributed by atoms with Gasteiger partial charge in [-0.3, -0.25) is 0 Å². The highest BCUT2D eigenvalue weighted by atomic mass is 16.5. The van der Waals surface area contributed by atoms with Crippen molar-refractivity contribution < 1.29 is 14.6 Å². The highest BCUT2D eigenvalue weighted by Crippen LogP contribution is 2.21. The van der Waals surface area contributed by atoms with Crippen molar-refractivity contribution in [1.29, 1.82) is 0 Å². The van der Waals surface area contributed by atoms with Crippen LogP contribution in [0, 0.1) is 12.8 Å². The molecule has 0 fully saturated rings. The fourth-order valence-electron chi connectivity index (χ4n) is 1.87. The van der Waals surface area contributed by atoms with E-state index in [1.807, 2.05) is 45.9 Å². The third kappa shape index (κ3) is 6.04.